The van der Waals surface area contributed by atoms with Gasteiger partial charge in [-0.3, -0.25) is 4.98 Å². The first-order valence-electron chi connectivity index (χ1n) is 6.84. The highest BCUT2D eigenvalue weighted by Gasteiger charge is 2.11. The normalized spacial score (nSPS) is 11.7. The smallest absolute Gasteiger partial charge is 0.315 e. The Morgan fingerprint density at radius 2 is 2.10 bits per heavy atom. The van der Waals surface area contributed by atoms with Crippen LogP contribution in [0.15, 0.2) is 48.8 Å². The lowest BCUT2D eigenvalue weighted by atomic mass is 10.1. The number of halogens is 1. The molecule has 2 N–H and O–H groups in total. The van der Waals surface area contributed by atoms with Crippen LogP contribution in [0.4, 0.5) is 4.79 Å². The van der Waals surface area contributed by atoms with E-state index in [-0.39, 0.29) is 12.1 Å². The van der Waals surface area contributed by atoms with E-state index in [4.69, 9.17) is 11.6 Å². The highest BCUT2D eigenvalue weighted by atomic mass is 35.5. The molecule has 0 fully saturated rings. The average Bonchev–Trinajstić information content (AvgIpc) is 2.48. The molecule has 1 aromatic heterocycles. The second-order valence-corrected chi connectivity index (χ2v) is 5.16. The Balaban J connectivity index is 1.78. The molecule has 0 aliphatic rings. The minimum atomic E-state index is -0.202. The van der Waals surface area contributed by atoms with Gasteiger partial charge in [0, 0.05) is 24.0 Å². The summed E-state index contributed by atoms with van der Waals surface area (Å²) in [5.74, 6) is 0. The van der Waals surface area contributed by atoms with Crippen molar-refractivity contribution < 1.29 is 4.79 Å². The van der Waals surface area contributed by atoms with Gasteiger partial charge in [0.1, 0.15) is 0 Å². The molecule has 1 heterocycles. The fourth-order valence-electron chi connectivity index (χ4n) is 2.02. The monoisotopic (exact) mass is 303 g/mol. The number of rotatable bonds is 5. The van der Waals surface area contributed by atoms with Crippen molar-refractivity contribution in [3.8, 4) is 0 Å². The molecule has 0 unspecified atom stereocenters. The molecule has 21 heavy (non-hydrogen) atoms. The molecule has 0 bridgehead atoms. The number of hydrogen-bond donors (Lipinski definition) is 2. The second kappa shape index (κ2) is 7.64. The molecule has 0 radical (unpaired) electrons. The van der Waals surface area contributed by atoms with E-state index in [1.54, 1.807) is 12.4 Å². The summed E-state index contributed by atoms with van der Waals surface area (Å²) >= 11 is 6.11. The topological polar surface area (TPSA) is 54.0 Å². The number of carbonyl (C=O) groups is 1. The van der Waals surface area contributed by atoms with Crippen molar-refractivity contribution >= 4 is 17.6 Å². The number of pyridine rings is 1. The zero-order valence-corrected chi connectivity index (χ0v) is 12.6. The van der Waals surface area contributed by atoms with Crippen LogP contribution in [0.5, 0.6) is 0 Å². The van der Waals surface area contributed by atoms with Crippen LogP contribution in [0, 0.1) is 0 Å². The lowest BCUT2D eigenvalue weighted by Crippen LogP contribution is -2.38. The minimum Gasteiger partial charge on any atom is -0.338 e. The van der Waals surface area contributed by atoms with Gasteiger partial charge in [0.25, 0.3) is 0 Å². The Kier molecular flexibility index (Phi) is 5.58. The lowest BCUT2D eigenvalue weighted by molar-refractivity contribution is 0.238. The van der Waals surface area contributed by atoms with Gasteiger partial charge >= 0.3 is 6.03 Å². The standard InChI is InChI=1S/C16H18ClN3O/c1-12(14-6-2-3-7-15(14)17)20-16(21)19-10-8-13-5-4-9-18-11-13/h2-7,9,11-12H,8,10H2,1H3,(H2,19,20,21)/t12-/m0/s1. The summed E-state index contributed by atoms with van der Waals surface area (Å²) in [6, 6.07) is 11.0. The summed E-state index contributed by atoms with van der Waals surface area (Å²) in [7, 11) is 0. The molecule has 0 aliphatic heterocycles. The van der Waals surface area contributed by atoms with E-state index in [0.29, 0.717) is 11.6 Å². The molecule has 5 heteroatoms. The number of urea groups is 1. The highest BCUT2D eigenvalue weighted by molar-refractivity contribution is 6.31. The van der Waals surface area contributed by atoms with Crippen LogP contribution in [0.1, 0.15) is 24.1 Å². The van der Waals surface area contributed by atoms with Gasteiger partial charge in [-0.2, -0.15) is 0 Å². The maximum absolute atomic E-state index is 11.8. The predicted molar refractivity (Wildman–Crippen MR) is 84.3 cm³/mol. The zero-order valence-electron chi connectivity index (χ0n) is 11.8. The van der Waals surface area contributed by atoms with Crippen LogP contribution in [0.25, 0.3) is 0 Å². The van der Waals surface area contributed by atoms with Gasteiger partial charge < -0.3 is 10.6 Å². The largest absolute Gasteiger partial charge is 0.338 e. The third kappa shape index (κ3) is 4.76. The Bertz CT molecular complexity index is 589. The van der Waals surface area contributed by atoms with Gasteiger partial charge in [-0.1, -0.05) is 35.9 Å². The van der Waals surface area contributed by atoms with E-state index in [1.807, 2.05) is 43.3 Å². The van der Waals surface area contributed by atoms with Crippen LogP contribution < -0.4 is 10.6 Å². The van der Waals surface area contributed by atoms with Crippen molar-refractivity contribution in [3.63, 3.8) is 0 Å². The Labute approximate surface area is 129 Å². The summed E-state index contributed by atoms with van der Waals surface area (Å²) < 4.78 is 0. The third-order valence-corrected chi connectivity index (χ3v) is 3.49. The minimum absolute atomic E-state index is 0.142. The van der Waals surface area contributed by atoms with Gasteiger partial charge in [-0.25, -0.2) is 4.79 Å². The Morgan fingerprint density at radius 3 is 2.81 bits per heavy atom. The number of aromatic nitrogens is 1. The summed E-state index contributed by atoms with van der Waals surface area (Å²) in [6.45, 7) is 2.47. The van der Waals surface area contributed by atoms with Gasteiger partial charge in [0.05, 0.1) is 6.04 Å². The maximum atomic E-state index is 11.8. The molecular formula is C16H18ClN3O. The maximum Gasteiger partial charge on any atom is 0.315 e. The Morgan fingerprint density at radius 1 is 1.29 bits per heavy atom. The first kappa shape index (κ1) is 15.3. The van der Waals surface area contributed by atoms with Crippen LogP contribution >= 0.6 is 11.6 Å². The first-order valence-corrected chi connectivity index (χ1v) is 7.22. The van der Waals surface area contributed by atoms with Crippen molar-refractivity contribution in [1.82, 2.24) is 15.6 Å². The molecule has 4 nitrogen and oxygen atoms in total. The van der Waals surface area contributed by atoms with E-state index in [9.17, 15) is 4.79 Å². The third-order valence-electron chi connectivity index (χ3n) is 3.14. The molecule has 0 saturated carbocycles. The molecule has 2 aromatic rings. The van der Waals surface area contributed by atoms with E-state index >= 15 is 0 Å². The fraction of sp³-hybridized carbons (Fsp3) is 0.250. The van der Waals surface area contributed by atoms with Gasteiger partial charge in [-0.05, 0) is 36.6 Å². The van der Waals surface area contributed by atoms with Gasteiger partial charge in [-0.15, -0.1) is 0 Å². The van der Waals surface area contributed by atoms with Gasteiger partial charge in [0.15, 0.2) is 0 Å². The zero-order chi connectivity index (χ0) is 15.1. The summed E-state index contributed by atoms with van der Waals surface area (Å²) in [5.41, 5.74) is 2.00. The first-order chi connectivity index (χ1) is 10.2. The van der Waals surface area contributed by atoms with Crippen LogP contribution in [-0.4, -0.2) is 17.6 Å². The molecule has 1 aromatic carbocycles. The molecule has 2 amide bonds. The number of benzene rings is 1. The number of amides is 2. The van der Waals surface area contributed by atoms with E-state index < -0.39 is 0 Å². The molecule has 110 valence electrons. The van der Waals surface area contributed by atoms with Crippen molar-refractivity contribution in [2.45, 2.75) is 19.4 Å². The van der Waals surface area contributed by atoms with E-state index in [2.05, 4.69) is 15.6 Å². The number of hydrogen-bond acceptors (Lipinski definition) is 2. The number of nitrogens with one attached hydrogen (secondary N) is 2. The molecule has 2 rings (SSSR count). The summed E-state index contributed by atoms with van der Waals surface area (Å²) in [6.07, 6.45) is 4.28. The molecule has 0 aliphatic carbocycles. The predicted octanol–water partition coefficient (Wildman–Crippen LogP) is 3.34. The average molecular weight is 304 g/mol. The molecule has 0 spiro atoms. The van der Waals surface area contributed by atoms with Crippen LogP contribution in [0.2, 0.25) is 5.02 Å². The molecule has 0 saturated heterocycles. The molecule has 1 atom stereocenters. The Hall–Kier alpha value is -2.07. The lowest BCUT2D eigenvalue weighted by Gasteiger charge is -2.16. The summed E-state index contributed by atoms with van der Waals surface area (Å²) in [4.78, 5) is 15.9. The number of carbonyl (C=O) groups excluding carboxylic acids is 1. The second-order valence-electron chi connectivity index (χ2n) is 4.75. The van der Waals surface area contributed by atoms with Crippen LogP contribution in [0.3, 0.4) is 0 Å². The van der Waals surface area contributed by atoms with Gasteiger partial charge in [0.2, 0.25) is 0 Å². The van der Waals surface area contributed by atoms with Crippen molar-refractivity contribution in [1.29, 1.82) is 0 Å². The SMILES string of the molecule is C[C@H](NC(=O)NCCc1cccnc1)c1ccccc1Cl. The van der Waals surface area contributed by atoms with E-state index in [0.717, 1.165) is 17.5 Å². The molecular weight excluding hydrogens is 286 g/mol. The number of nitrogens with zero attached hydrogens (tertiary/aromatic N) is 1. The summed E-state index contributed by atoms with van der Waals surface area (Å²) in [5, 5.41) is 6.36. The van der Waals surface area contributed by atoms with Crippen molar-refractivity contribution in [2.24, 2.45) is 0 Å². The highest BCUT2D eigenvalue weighted by Crippen LogP contribution is 2.21. The van der Waals surface area contributed by atoms with E-state index in [1.165, 1.54) is 0 Å². The van der Waals surface area contributed by atoms with Crippen molar-refractivity contribution in [2.75, 3.05) is 6.54 Å². The quantitative estimate of drug-likeness (QED) is 0.890. The van der Waals surface area contributed by atoms with Crippen molar-refractivity contribution in [3.05, 3.63) is 64.9 Å². The fourth-order valence-corrected chi connectivity index (χ4v) is 2.32. The van der Waals surface area contributed by atoms with Crippen LogP contribution in [-0.2, 0) is 6.42 Å².